The molecule has 0 spiro atoms. The number of pyridine rings is 1. The SMILES string of the molecule is CCCC#Cc1cnc2c(c1)C(=O)N([C@@H](C)CO)C[C@@H](C)[C@@H](CN(C)Cc1ccc(F)cc1)O2. The third-order valence-electron chi connectivity index (χ3n) is 5.99. The first-order valence-electron chi connectivity index (χ1n) is 11.8. The predicted octanol–water partition coefficient (Wildman–Crippen LogP) is 3.72. The van der Waals surface area contributed by atoms with E-state index < -0.39 is 0 Å². The Morgan fingerprint density at radius 3 is 2.76 bits per heavy atom. The van der Waals surface area contributed by atoms with E-state index in [2.05, 4.69) is 28.6 Å². The summed E-state index contributed by atoms with van der Waals surface area (Å²) in [5, 5.41) is 9.80. The van der Waals surface area contributed by atoms with Crippen LogP contribution < -0.4 is 4.74 Å². The van der Waals surface area contributed by atoms with Gasteiger partial charge in [0.05, 0.1) is 12.6 Å². The second-order valence-electron chi connectivity index (χ2n) is 9.07. The number of carbonyl (C=O) groups excluding carboxylic acids is 1. The van der Waals surface area contributed by atoms with E-state index in [1.165, 1.54) is 12.1 Å². The molecule has 1 aliphatic rings. The van der Waals surface area contributed by atoms with Crippen molar-refractivity contribution in [3.8, 4) is 17.7 Å². The van der Waals surface area contributed by atoms with Gasteiger partial charge in [-0.1, -0.05) is 37.8 Å². The number of ether oxygens (including phenoxy) is 1. The number of benzene rings is 1. The molecule has 2 aromatic rings. The summed E-state index contributed by atoms with van der Waals surface area (Å²) in [4.78, 5) is 21.7. The Kier molecular flexibility index (Phi) is 9.03. The van der Waals surface area contributed by atoms with Crippen LogP contribution in [0.1, 0.15) is 55.1 Å². The lowest BCUT2D eigenvalue weighted by molar-refractivity contribution is 0.0325. The highest BCUT2D eigenvalue weighted by atomic mass is 19.1. The molecule has 34 heavy (non-hydrogen) atoms. The molecule has 182 valence electrons. The molecule has 7 heteroatoms. The van der Waals surface area contributed by atoms with Crippen LogP contribution in [0.2, 0.25) is 0 Å². The molecule has 0 fully saturated rings. The summed E-state index contributed by atoms with van der Waals surface area (Å²) >= 11 is 0. The van der Waals surface area contributed by atoms with E-state index >= 15 is 0 Å². The largest absolute Gasteiger partial charge is 0.472 e. The molecule has 1 aromatic carbocycles. The van der Waals surface area contributed by atoms with Crippen molar-refractivity contribution in [1.29, 1.82) is 0 Å². The summed E-state index contributed by atoms with van der Waals surface area (Å²) in [6, 6.07) is 7.86. The summed E-state index contributed by atoms with van der Waals surface area (Å²) in [7, 11) is 1.98. The number of aliphatic hydroxyl groups excluding tert-OH is 1. The first-order valence-corrected chi connectivity index (χ1v) is 11.8. The van der Waals surface area contributed by atoms with Crippen LogP contribution in [0.5, 0.6) is 5.88 Å². The number of aliphatic hydroxyl groups is 1. The van der Waals surface area contributed by atoms with Crippen LogP contribution in [-0.4, -0.2) is 64.7 Å². The zero-order valence-corrected chi connectivity index (χ0v) is 20.4. The Bertz CT molecular complexity index is 1030. The summed E-state index contributed by atoms with van der Waals surface area (Å²) in [6.45, 7) is 7.47. The van der Waals surface area contributed by atoms with Crippen molar-refractivity contribution in [3.05, 3.63) is 59.0 Å². The van der Waals surface area contributed by atoms with Crippen molar-refractivity contribution in [3.63, 3.8) is 0 Å². The molecule has 1 amide bonds. The van der Waals surface area contributed by atoms with Crippen molar-refractivity contribution in [1.82, 2.24) is 14.8 Å². The van der Waals surface area contributed by atoms with Crippen LogP contribution in [0, 0.1) is 23.6 Å². The molecule has 1 aromatic heterocycles. The molecule has 3 atom stereocenters. The maximum Gasteiger partial charge on any atom is 0.259 e. The number of hydrogen-bond acceptors (Lipinski definition) is 5. The third-order valence-corrected chi connectivity index (χ3v) is 5.99. The highest BCUT2D eigenvalue weighted by Crippen LogP contribution is 2.27. The van der Waals surface area contributed by atoms with E-state index in [0.29, 0.717) is 30.8 Å². The third kappa shape index (κ3) is 6.55. The number of rotatable bonds is 7. The number of amides is 1. The van der Waals surface area contributed by atoms with Gasteiger partial charge in [-0.15, -0.1) is 0 Å². The Hall–Kier alpha value is -2.95. The first kappa shape index (κ1) is 25.7. The number of carbonyl (C=O) groups is 1. The van der Waals surface area contributed by atoms with E-state index in [4.69, 9.17) is 4.74 Å². The van der Waals surface area contributed by atoms with E-state index in [9.17, 15) is 14.3 Å². The average molecular weight is 468 g/mol. The van der Waals surface area contributed by atoms with Crippen molar-refractivity contribution < 1.29 is 19.0 Å². The molecule has 0 saturated carbocycles. The van der Waals surface area contributed by atoms with Gasteiger partial charge in [0.1, 0.15) is 17.5 Å². The number of likely N-dealkylation sites (N-methyl/N-ethyl adjacent to an activating group) is 1. The van der Waals surface area contributed by atoms with E-state index in [-0.39, 0.29) is 42.3 Å². The van der Waals surface area contributed by atoms with Gasteiger partial charge in [-0.05, 0) is 44.2 Å². The zero-order chi connectivity index (χ0) is 24.7. The van der Waals surface area contributed by atoms with Crippen LogP contribution in [-0.2, 0) is 6.54 Å². The molecular weight excluding hydrogens is 433 g/mol. The average Bonchev–Trinajstić information content (AvgIpc) is 2.82. The van der Waals surface area contributed by atoms with Crippen LogP contribution in [0.4, 0.5) is 4.39 Å². The van der Waals surface area contributed by atoms with Crippen molar-refractivity contribution in [2.45, 2.75) is 52.3 Å². The van der Waals surface area contributed by atoms with Crippen molar-refractivity contribution >= 4 is 5.91 Å². The van der Waals surface area contributed by atoms with E-state index in [1.807, 2.05) is 20.9 Å². The standard InChI is InChI=1S/C27H34FN3O3/c1-5-6-7-8-22-13-24-26(29-14-22)34-25(19(2)15-31(27(24)33)20(3)18-32)17-30(4)16-21-9-11-23(28)12-10-21/h9-14,19-20,25,32H,5-6,15-18H2,1-4H3/t19-,20+,25-/m1/s1. The fraction of sp³-hybridized carbons (Fsp3) is 0.481. The quantitative estimate of drug-likeness (QED) is 0.629. The molecule has 3 rings (SSSR count). The van der Waals surface area contributed by atoms with Gasteiger partial charge in [-0.3, -0.25) is 9.69 Å². The van der Waals surface area contributed by atoms with Gasteiger partial charge < -0.3 is 14.7 Å². The molecule has 0 bridgehead atoms. The summed E-state index contributed by atoms with van der Waals surface area (Å²) in [5.74, 6) is 5.97. The number of aromatic nitrogens is 1. The van der Waals surface area contributed by atoms with Gasteiger partial charge >= 0.3 is 0 Å². The Balaban J connectivity index is 1.88. The summed E-state index contributed by atoms with van der Waals surface area (Å²) in [6.07, 6.45) is 3.13. The molecule has 2 heterocycles. The number of nitrogens with zero attached hydrogens (tertiary/aromatic N) is 3. The highest BCUT2D eigenvalue weighted by molar-refractivity contribution is 5.97. The second-order valence-corrected chi connectivity index (χ2v) is 9.07. The normalized spacial score (nSPS) is 18.9. The van der Waals surface area contributed by atoms with Crippen LogP contribution in [0.15, 0.2) is 36.5 Å². The molecule has 1 aliphatic heterocycles. The zero-order valence-electron chi connectivity index (χ0n) is 20.4. The monoisotopic (exact) mass is 467 g/mol. The number of fused-ring (bicyclic) bond motifs is 1. The number of halogens is 1. The lowest BCUT2D eigenvalue weighted by Crippen LogP contribution is -2.49. The van der Waals surface area contributed by atoms with Gasteiger partial charge in [0, 0.05) is 43.7 Å². The molecule has 6 nitrogen and oxygen atoms in total. The van der Waals surface area contributed by atoms with Crippen LogP contribution in [0.3, 0.4) is 0 Å². The first-order chi connectivity index (χ1) is 16.3. The smallest absolute Gasteiger partial charge is 0.259 e. The number of hydrogen-bond donors (Lipinski definition) is 1. The Morgan fingerprint density at radius 1 is 1.35 bits per heavy atom. The molecule has 0 saturated heterocycles. The summed E-state index contributed by atoms with van der Waals surface area (Å²) in [5.41, 5.74) is 2.03. The lowest BCUT2D eigenvalue weighted by atomic mass is 9.99. The Morgan fingerprint density at radius 2 is 2.09 bits per heavy atom. The molecule has 0 aliphatic carbocycles. The van der Waals surface area contributed by atoms with Crippen molar-refractivity contribution in [2.24, 2.45) is 5.92 Å². The van der Waals surface area contributed by atoms with E-state index in [1.54, 1.807) is 29.3 Å². The highest BCUT2D eigenvalue weighted by Gasteiger charge is 2.34. The molecular formula is C27H34FN3O3. The topological polar surface area (TPSA) is 65.9 Å². The van der Waals surface area contributed by atoms with Gasteiger partial charge in [0.2, 0.25) is 5.88 Å². The second kappa shape index (κ2) is 12.0. The van der Waals surface area contributed by atoms with Gasteiger partial charge in [-0.25, -0.2) is 9.37 Å². The molecule has 0 radical (unpaired) electrons. The van der Waals surface area contributed by atoms with E-state index in [0.717, 1.165) is 18.4 Å². The fourth-order valence-electron chi connectivity index (χ4n) is 3.95. The fourth-order valence-corrected chi connectivity index (χ4v) is 3.95. The lowest BCUT2D eigenvalue weighted by Gasteiger charge is -2.37. The maximum absolute atomic E-state index is 13.4. The molecule has 1 N–H and O–H groups in total. The minimum atomic E-state index is -0.340. The van der Waals surface area contributed by atoms with Crippen LogP contribution in [0.25, 0.3) is 0 Å². The maximum atomic E-state index is 13.4. The van der Waals surface area contributed by atoms with Gasteiger partial charge in [-0.2, -0.15) is 0 Å². The minimum Gasteiger partial charge on any atom is -0.472 e. The van der Waals surface area contributed by atoms with Gasteiger partial charge in [0.15, 0.2) is 0 Å². The Labute approximate surface area is 201 Å². The molecule has 0 unspecified atom stereocenters. The van der Waals surface area contributed by atoms with Gasteiger partial charge in [0.25, 0.3) is 5.91 Å². The van der Waals surface area contributed by atoms with Crippen LogP contribution >= 0.6 is 0 Å². The predicted molar refractivity (Wildman–Crippen MR) is 130 cm³/mol. The summed E-state index contributed by atoms with van der Waals surface area (Å²) < 4.78 is 19.6. The number of unbranched alkanes of at least 4 members (excludes halogenated alkanes) is 1. The van der Waals surface area contributed by atoms with Crippen molar-refractivity contribution in [2.75, 3.05) is 26.7 Å². The minimum absolute atomic E-state index is 0.00686.